The van der Waals surface area contributed by atoms with Crippen LogP contribution in [0.15, 0.2) is 503 Å². The van der Waals surface area contributed by atoms with Crippen molar-refractivity contribution in [2.45, 2.75) is 45.6 Å². The lowest BCUT2D eigenvalue weighted by atomic mass is 9.67. The van der Waals surface area contributed by atoms with Crippen LogP contribution in [-0.4, -0.2) is 44.9 Å². The molecule has 0 fully saturated rings. The fraction of sp³-hybridized carbons (Fsp3) is 0.0226. The van der Waals surface area contributed by atoms with E-state index in [2.05, 4.69) is 358 Å². The van der Waals surface area contributed by atoms with Crippen LogP contribution in [0.25, 0.3) is 158 Å². The van der Waals surface area contributed by atoms with Crippen LogP contribution in [0.5, 0.6) is 0 Å². The third-order valence-electron chi connectivity index (χ3n) is 29.4. The predicted molar refractivity (Wildman–Crippen MR) is 590 cm³/mol. The van der Waals surface area contributed by atoms with E-state index in [0.717, 1.165) is 66.8 Å². The molecule has 3 aromatic heterocycles. The van der Waals surface area contributed by atoms with Gasteiger partial charge < -0.3 is 0 Å². The zero-order chi connectivity index (χ0) is 98.6. The lowest BCUT2D eigenvalue weighted by Crippen LogP contribution is -2.31. The molecule has 15 heteroatoms. The Hall–Kier alpha value is -18.8. The fourth-order valence-electron chi connectivity index (χ4n) is 23.0. The number of nitriles is 3. The molecular weight excluding hydrogens is 1860 g/mol. The standard InChI is InChI=1S/C51H30N4S.2C41H24N4S/c52-31-32-23-25-35(26-24-32)48-53-49(36-29-27-34(28-30-36)38-15-9-12-33-11-1-2-13-37(33)38)55-50(54-48)40-16-10-20-44-47(40)39-14-3-4-17-41(39)51(44)42-18-5-7-21-45(42)56-46-22-8-6-19-43(46)51;42-25-26-21-23-28(24-22-26)39-43-38(27-11-2-1-3-12-27)44-40(45-39)30-14-10-18-34-37(30)29-13-4-5-15-31(29)41(34)32-16-6-8-19-35(32)46-36-20-9-7-17-33(36)41;42-25-26-18-20-28(21-19-26)39-43-38(27-10-2-1-3-11-27)44-40(45-39)29-22-23-31-30-12-4-5-13-32(30)41(35(31)24-29)33-14-6-8-16-36(33)46-37-17-9-7-15-34(37)41/h1-30H;2*1-24H. The maximum absolute atomic E-state index is 9.55. The zero-order valence-electron chi connectivity index (χ0n) is 79.1. The van der Waals surface area contributed by atoms with Gasteiger partial charge in [-0.25, -0.2) is 44.9 Å². The number of aromatic nitrogens is 9. The maximum atomic E-state index is 9.55. The molecule has 6 aliphatic rings. The molecular formula is C133H78N12S3. The van der Waals surface area contributed by atoms with Crippen LogP contribution in [0.4, 0.5) is 0 Å². The van der Waals surface area contributed by atoms with E-state index >= 15 is 0 Å². The summed E-state index contributed by atoms with van der Waals surface area (Å²) in [5, 5.41) is 30.7. The van der Waals surface area contributed by atoms with Crippen molar-refractivity contribution in [1.29, 1.82) is 15.8 Å². The number of fused-ring (bicyclic) bond motifs is 28. The molecule has 29 rings (SSSR count). The maximum Gasteiger partial charge on any atom is 0.164 e. The number of benzene rings is 20. The smallest absolute Gasteiger partial charge is 0.164 e. The lowest BCUT2D eigenvalue weighted by molar-refractivity contribution is 0.722. The Kier molecular flexibility index (Phi) is 21.6. The van der Waals surface area contributed by atoms with E-state index in [-0.39, 0.29) is 0 Å². The first kappa shape index (κ1) is 88.2. The number of rotatable bonds is 10. The van der Waals surface area contributed by atoms with Crippen LogP contribution in [0, 0.1) is 34.0 Å². The average molecular weight is 1940 g/mol. The Labute approximate surface area is 867 Å². The summed E-state index contributed by atoms with van der Waals surface area (Å²) in [4.78, 5) is 53.3. The summed E-state index contributed by atoms with van der Waals surface area (Å²) in [6.07, 6.45) is 0. The van der Waals surface area contributed by atoms with Gasteiger partial charge in [0.15, 0.2) is 52.4 Å². The van der Waals surface area contributed by atoms with Crippen LogP contribution >= 0.6 is 35.3 Å². The SMILES string of the molecule is N#Cc1ccc(-c2nc(-c3ccc(-c4cccc5ccccc45)cc3)nc(-c3cccc4c3-c3ccccc3C43c4ccccc4Sc4ccccc43)n2)cc1.N#Cc1ccc(-c2nc(-c3ccccc3)nc(-c3ccc4c(c3)C3(c5ccccc5Sc5ccccc53)c3ccccc3-4)n2)cc1.N#Cc1ccc(-c2nc(-c3ccccc3)nc(-c3cccc4c3-c3ccccc3C43c4ccccc4Sc4ccccc43)n2)cc1. The molecule has 3 aliphatic heterocycles. The van der Waals surface area contributed by atoms with E-state index in [4.69, 9.17) is 44.9 Å². The second-order valence-corrected chi connectivity index (χ2v) is 40.5. The Balaban J connectivity index is 0.000000110. The van der Waals surface area contributed by atoms with Gasteiger partial charge in [-0.3, -0.25) is 0 Å². The lowest BCUT2D eigenvalue weighted by Gasteiger charge is -2.39. The van der Waals surface area contributed by atoms with Crippen molar-refractivity contribution in [3.63, 3.8) is 0 Å². The second kappa shape index (κ2) is 36.3. The fourth-order valence-corrected chi connectivity index (χ4v) is 26.6. The molecule has 0 unspecified atom stereocenters. The summed E-state index contributed by atoms with van der Waals surface area (Å²) in [6, 6.07) is 172. The van der Waals surface area contributed by atoms with Gasteiger partial charge in [0.25, 0.3) is 0 Å². The summed E-state index contributed by atoms with van der Waals surface area (Å²) in [5.41, 5.74) is 33.0. The third-order valence-corrected chi connectivity index (χ3v) is 32.8. The normalized spacial score (nSPS) is 13.2. The van der Waals surface area contributed by atoms with E-state index < -0.39 is 16.2 Å². The van der Waals surface area contributed by atoms with Gasteiger partial charge in [0.05, 0.1) is 51.1 Å². The van der Waals surface area contributed by atoms with Crippen LogP contribution in [-0.2, 0) is 16.2 Å². The van der Waals surface area contributed by atoms with Crippen molar-refractivity contribution in [1.82, 2.24) is 44.9 Å². The average Bonchev–Trinajstić information content (AvgIpc) is 1.52. The largest absolute Gasteiger partial charge is 0.208 e. The highest BCUT2D eigenvalue weighted by molar-refractivity contribution is 8.00. The molecule has 12 nitrogen and oxygen atoms in total. The first-order valence-electron chi connectivity index (χ1n) is 49.0. The Morgan fingerprint density at radius 1 is 0.162 bits per heavy atom. The van der Waals surface area contributed by atoms with E-state index in [1.165, 1.54) is 135 Å². The second-order valence-electron chi connectivity index (χ2n) is 37.2. The summed E-state index contributed by atoms with van der Waals surface area (Å²) in [5.74, 6) is 5.30. The molecule has 0 bridgehead atoms. The monoisotopic (exact) mass is 1940 g/mol. The molecule has 0 saturated carbocycles. The van der Waals surface area contributed by atoms with Crippen LogP contribution < -0.4 is 0 Å². The Bertz CT molecular complexity index is 9270. The quantitative estimate of drug-likeness (QED) is 0.126. The minimum Gasteiger partial charge on any atom is -0.208 e. The van der Waals surface area contributed by atoms with Crippen molar-refractivity contribution >= 4 is 46.1 Å². The van der Waals surface area contributed by atoms with Gasteiger partial charge >= 0.3 is 0 Å². The van der Waals surface area contributed by atoms with E-state index in [1.807, 2.05) is 144 Å². The first-order chi connectivity index (χ1) is 73.2. The van der Waals surface area contributed by atoms with Crippen molar-refractivity contribution in [3.05, 3.63) is 557 Å². The van der Waals surface area contributed by atoms with Gasteiger partial charge in [-0.15, -0.1) is 0 Å². The van der Waals surface area contributed by atoms with Crippen LogP contribution in [0.3, 0.4) is 0 Å². The van der Waals surface area contributed by atoms with Gasteiger partial charge in [0, 0.05) is 79.4 Å². The van der Waals surface area contributed by atoms with Gasteiger partial charge in [-0.2, -0.15) is 15.8 Å². The predicted octanol–water partition coefficient (Wildman–Crippen LogP) is 31.5. The number of hydrogen-bond donors (Lipinski definition) is 0. The highest BCUT2D eigenvalue weighted by atomic mass is 32.2. The van der Waals surface area contributed by atoms with Crippen molar-refractivity contribution in [3.8, 4) is 165 Å². The van der Waals surface area contributed by atoms with Crippen molar-refractivity contribution < 1.29 is 0 Å². The minimum atomic E-state index is -0.510. The molecule has 0 N–H and O–H groups in total. The van der Waals surface area contributed by atoms with E-state index in [1.54, 1.807) is 24.3 Å². The third kappa shape index (κ3) is 14.3. The molecule has 20 aromatic carbocycles. The summed E-state index contributed by atoms with van der Waals surface area (Å²) in [7, 11) is 0. The van der Waals surface area contributed by atoms with E-state index in [9.17, 15) is 15.8 Å². The van der Waals surface area contributed by atoms with Crippen molar-refractivity contribution in [2.24, 2.45) is 0 Å². The molecule has 3 spiro atoms. The van der Waals surface area contributed by atoms with Gasteiger partial charge in [-0.1, -0.05) is 393 Å². The molecule has 148 heavy (non-hydrogen) atoms. The van der Waals surface area contributed by atoms with Crippen LogP contribution in [0.2, 0.25) is 0 Å². The highest BCUT2D eigenvalue weighted by Crippen LogP contribution is 2.67. The van der Waals surface area contributed by atoms with Gasteiger partial charge in [-0.05, 0) is 237 Å². The van der Waals surface area contributed by atoms with Gasteiger partial charge in [0.1, 0.15) is 0 Å². The highest BCUT2D eigenvalue weighted by Gasteiger charge is 2.55. The number of nitrogens with zero attached hydrogens (tertiary/aromatic N) is 12. The van der Waals surface area contributed by atoms with Crippen molar-refractivity contribution in [2.75, 3.05) is 0 Å². The Morgan fingerprint density at radius 3 is 0.770 bits per heavy atom. The minimum absolute atomic E-state index is 0.481. The summed E-state index contributed by atoms with van der Waals surface area (Å²) in [6.45, 7) is 0. The Morgan fingerprint density at radius 2 is 0.399 bits per heavy atom. The molecule has 0 amide bonds. The van der Waals surface area contributed by atoms with E-state index in [0.29, 0.717) is 69.1 Å². The summed E-state index contributed by atoms with van der Waals surface area (Å²) < 4.78 is 0. The molecule has 23 aromatic rings. The zero-order valence-corrected chi connectivity index (χ0v) is 81.6. The summed E-state index contributed by atoms with van der Waals surface area (Å²) >= 11 is 5.53. The molecule has 6 heterocycles. The molecule has 3 aliphatic carbocycles. The number of hydrogen-bond acceptors (Lipinski definition) is 15. The molecule has 0 radical (unpaired) electrons. The molecule has 0 atom stereocenters. The molecule has 0 saturated heterocycles. The van der Waals surface area contributed by atoms with Crippen LogP contribution in [0.1, 0.15) is 83.5 Å². The van der Waals surface area contributed by atoms with Gasteiger partial charge in [0.2, 0.25) is 0 Å². The molecule has 688 valence electrons. The first-order valence-corrected chi connectivity index (χ1v) is 51.5. The topological polar surface area (TPSA) is 187 Å².